The zero-order valence-corrected chi connectivity index (χ0v) is 20.9. The number of benzene rings is 2. The van der Waals surface area contributed by atoms with Crippen molar-refractivity contribution in [3.8, 4) is 22.0 Å². The normalized spacial score (nSPS) is 10.8. The molecule has 6 aromatic rings. The molecule has 9 heteroatoms. The van der Waals surface area contributed by atoms with Crippen LogP contribution in [0.3, 0.4) is 0 Å². The van der Waals surface area contributed by atoms with E-state index in [4.69, 9.17) is 4.98 Å². The van der Waals surface area contributed by atoms with Gasteiger partial charge in [0, 0.05) is 48.5 Å². The molecule has 4 heterocycles. The zero-order chi connectivity index (χ0) is 25.7. The van der Waals surface area contributed by atoms with Gasteiger partial charge in [-0.1, -0.05) is 42.5 Å². The highest BCUT2D eigenvalue weighted by molar-refractivity contribution is 7.21. The number of hydrogen-bond donors (Lipinski definition) is 2. The Labute approximate surface area is 222 Å². The maximum absolute atomic E-state index is 13.5. The fraction of sp³-hybridized carbons (Fsp3) is 0.0345. The Balaban J connectivity index is 1.32. The van der Waals surface area contributed by atoms with Crippen molar-refractivity contribution in [1.82, 2.24) is 24.9 Å². The number of nitrogens with zero attached hydrogens (tertiary/aromatic N) is 5. The Bertz CT molecular complexity index is 1690. The molecule has 0 unspecified atom stereocenters. The number of carbonyl (C=O) groups excluding carboxylic acids is 1. The quantitative estimate of drug-likeness (QED) is 0.266. The van der Waals surface area contributed by atoms with Crippen molar-refractivity contribution in [3.05, 3.63) is 115 Å². The van der Waals surface area contributed by atoms with Crippen molar-refractivity contribution in [1.29, 1.82) is 0 Å². The van der Waals surface area contributed by atoms with Crippen LogP contribution in [0.25, 0.3) is 32.2 Å². The largest absolute Gasteiger partial charge is 0.366 e. The summed E-state index contributed by atoms with van der Waals surface area (Å²) in [5.74, 6) is 0.669. The molecule has 0 bridgehead atoms. The van der Waals surface area contributed by atoms with Crippen molar-refractivity contribution in [2.24, 2.45) is 0 Å². The first-order chi connectivity index (χ1) is 18.7. The van der Waals surface area contributed by atoms with E-state index in [1.54, 1.807) is 30.9 Å². The molecule has 6 rings (SSSR count). The lowest BCUT2D eigenvalue weighted by atomic mass is 10.1. The lowest BCUT2D eigenvalue weighted by Gasteiger charge is -2.12. The number of rotatable bonds is 7. The molecule has 0 aliphatic heterocycles. The Morgan fingerprint density at radius 2 is 1.61 bits per heavy atom. The van der Waals surface area contributed by atoms with Crippen LogP contribution < -0.4 is 10.6 Å². The van der Waals surface area contributed by atoms with E-state index in [1.807, 2.05) is 72.8 Å². The second-order valence-electron chi connectivity index (χ2n) is 8.40. The molecule has 38 heavy (non-hydrogen) atoms. The maximum Gasteiger partial charge on any atom is 0.274 e. The van der Waals surface area contributed by atoms with Crippen molar-refractivity contribution >= 4 is 39.0 Å². The van der Waals surface area contributed by atoms with Gasteiger partial charge in [0.2, 0.25) is 0 Å². The van der Waals surface area contributed by atoms with E-state index < -0.39 is 0 Å². The Kier molecular flexibility index (Phi) is 6.48. The van der Waals surface area contributed by atoms with Crippen LogP contribution in [-0.2, 0) is 6.54 Å². The molecule has 8 nitrogen and oxygen atoms in total. The minimum Gasteiger partial charge on any atom is -0.366 e. The number of hydrogen-bond acceptors (Lipinski definition) is 8. The number of amides is 1. The van der Waals surface area contributed by atoms with E-state index in [-0.39, 0.29) is 11.6 Å². The first-order valence-corrected chi connectivity index (χ1v) is 12.7. The van der Waals surface area contributed by atoms with E-state index in [9.17, 15) is 4.79 Å². The topological polar surface area (TPSA) is 106 Å². The van der Waals surface area contributed by atoms with Gasteiger partial charge in [-0.25, -0.2) is 15.0 Å². The number of anilines is 2. The molecule has 0 saturated heterocycles. The molecule has 0 radical (unpaired) electrons. The summed E-state index contributed by atoms with van der Waals surface area (Å²) < 4.78 is 0.983. The lowest BCUT2D eigenvalue weighted by Crippen LogP contribution is -2.16. The van der Waals surface area contributed by atoms with E-state index in [1.165, 1.54) is 11.3 Å². The molecule has 2 aromatic carbocycles. The minimum absolute atomic E-state index is 0.249. The highest BCUT2D eigenvalue weighted by atomic mass is 32.1. The van der Waals surface area contributed by atoms with Gasteiger partial charge in [-0.05, 0) is 35.9 Å². The van der Waals surface area contributed by atoms with Crippen molar-refractivity contribution in [2.75, 3.05) is 10.6 Å². The smallest absolute Gasteiger partial charge is 0.274 e. The molecule has 2 N–H and O–H groups in total. The van der Waals surface area contributed by atoms with Gasteiger partial charge >= 0.3 is 0 Å². The molecule has 0 atom stereocenters. The van der Waals surface area contributed by atoms with Gasteiger partial charge < -0.3 is 10.6 Å². The summed E-state index contributed by atoms with van der Waals surface area (Å²) in [7, 11) is 0. The maximum atomic E-state index is 13.5. The van der Waals surface area contributed by atoms with Crippen molar-refractivity contribution in [3.63, 3.8) is 0 Å². The van der Waals surface area contributed by atoms with E-state index in [0.29, 0.717) is 23.9 Å². The van der Waals surface area contributed by atoms with Crippen LogP contribution >= 0.6 is 11.3 Å². The highest BCUT2D eigenvalue weighted by Gasteiger charge is 2.17. The van der Waals surface area contributed by atoms with Crippen LogP contribution in [0, 0.1) is 0 Å². The molecule has 184 valence electrons. The van der Waals surface area contributed by atoms with Gasteiger partial charge in [0.15, 0.2) is 5.82 Å². The molecule has 0 spiro atoms. The third kappa shape index (κ3) is 5.09. The van der Waals surface area contributed by atoms with E-state index >= 15 is 0 Å². The molecule has 1 amide bonds. The molecule has 0 aliphatic carbocycles. The second-order valence-corrected chi connectivity index (χ2v) is 9.43. The van der Waals surface area contributed by atoms with Crippen molar-refractivity contribution < 1.29 is 4.79 Å². The van der Waals surface area contributed by atoms with Gasteiger partial charge in [-0.3, -0.25) is 14.8 Å². The summed E-state index contributed by atoms with van der Waals surface area (Å²) >= 11 is 1.53. The molecule has 0 fully saturated rings. The first kappa shape index (κ1) is 23.4. The number of thiazole rings is 1. The SMILES string of the molecule is O=C(Nc1ccccc1-c1nc2ccncc2s1)c1cc(NCc2ccncc2)nc(-c2ccccc2)n1. The summed E-state index contributed by atoms with van der Waals surface area (Å²) in [4.78, 5) is 35.8. The average molecular weight is 516 g/mol. The number of fused-ring (bicyclic) bond motifs is 1. The van der Waals surface area contributed by atoms with Crippen LogP contribution in [0.4, 0.5) is 11.5 Å². The Morgan fingerprint density at radius 3 is 2.45 bits per heavy atom. The van der Waals surface area contributed by atoms with Crippen LogP contribution in [0.2, 0.25) is 0 Å². The Hall–Kier alpha value is -5.02. The predicted octanol–water partition coefficient (Wildman–Crippen LogP) is 6.07. The highest BCUT2D eigenvalue weighted by Crippen LogP contribution is 2.34. The standard InChI is InChI=1S/C29H21N7OS/c37-28(34-22-9-5-4-8-21(22)29-35-23-12-15-31-18-25(23)38-29)24-16-26(32-17-19-10-13-30-14-11-19)36-27(33-24)20-6-2-1-3-7-20/h1-16,18H,17H2,(H,34,37)(H,32,33,36). The van der Waals surface area contributed by atoms with Gasteiger partial charge in [-0.15, -0.1) is 11.3 Å². The molecular formula is C29H21N7OS. The number of nitrogens with one attached hydrogen (secondary N) is 2. The van der Waals surface area contributed by atoms with Gasteiger partial charge in [0.1, 0.15) is 16.5 Å². The third-order valence-corrected chi connectivity index (χ3v) is 6.85. The van der Waals surface area contributed by atoms with Gasteiger partial charge in [-0.2, -0.15) is 0 Å². The first-order valence-electron chi connectivity index (χ1n) is 11.9. The molecular weight excluding hydrogens is 494 g/mol. The summed E-state index contributed by atoms with van der Waals surface area (Å²) in [5, 5.41) is 7.15. The monoisotopic (exact) mass is 515 g/mol. The van der Waals surface area contributed by atoms with Crippen LogP contribution in [0.5, 0.6) is 0 Å². The fourth-order valence-electron chi connectivity index (χ4n) is 3.92. The summed E-state index contributed by atoms with van der Waals surface area (Å²) in [5.41, 5.74) is 4.46. The molecule has 4 aromatic heterocycles. The fourth-order valence-corrected chi connectivity index (χ4v) is 4.90. The van der Waals surface area contributed by atoms with Crippen LogP contribution in [0.1, 0.15) is 16.1 Å². The number of para-hydroxylation sites is 1. The zero-order valence-electron chi connectivity index (χ0n) is 20.1. The predicted molar refractivity (Wildman–Crippen MR) is 150 cm³/mol. The number of pyridine rings is 2. The average Bonchev–Trinajstić information content (AvgIpc) is 3.41. The third-order valence-electron chi connectivity index (χ3n) is 5.81. The van der Waals surface area contributed by atoms with Gasteiger partial charge in [0.25, 0.3) is 5.91 Å². The minimum atomic E-state index is -0.341. The Morgan fingerprint density at radius 1 is 0.816 bits per heavy atom. The second kappa shape index (κ2) is 10.5. The molecule has 0 aliphatic rings. The lowest BCUT2D eigenvalue weighted by molar-refractivity contribution is 0.102. The number of aromatic nitrogens is 5. The van der Waals surface area contributed by atoms with Crippen LogP contribution in [0.15, 0.2) is 104 Å². The summed E-state index contributed by atoms with van der Waals surface area (Å²) in [6, 6.07) is 24.6. The van der Waals surface area contributed by atoms with Gasteiger partial charge in [0.05, 0.1) is 15.9 Å². The van der Waals surface area contributed by atoms with E-state index in [2.05, 4.69) is 30.6 Å². The van der Waals surface area contributed by atoms with Crippen LogP contribution in [-0.4, -0.2) is 30.8 Å². The molecule has 0 saturated carbocycles. The van der Waals surface area contributed by atoms with Crippen molar-refractivity contribution in [2.45, 2.75) is 6.54 Å². The summed E-state index contributed by atoms with van der Waals surface area (Å²) in [6.45, 7) is 0.532. The number of carbonyl (C=O) groups is 1. The summed E-state index contributed by atoms with van der Waals surface area (Å²) in [6.07, 6.45) is 7.00. The van der Waals surface area contributed by atoms with E-state index in [0.717, 1.165) is 31.9 Å².